The Morgan fingerprint density at radius 1 is 1.50 bits per heavy atom. The number of halogens is 1. The van der Waals surface area contributed by atoms with E-state index in [0.29, 0.717) is 13.0 Å². The van der Waals surface area contributed by atoms with E-state index in [0.717, 1.165) is 17.1 Å². The van der Waals surface area contributed by atoms with Crippen LogP contribution in [0.1, 0.15) is 27.2 Å². The Kier molecular flexibility index (Phi) is 3.46. The standard InChI is InChI=1S/C11H18FN3O2S/c1-7-8(2)13-9(3)15-5-10(4-11(7)15)14-18(16,17)6-12/h8,10,14H,4-6H2,1-3H3. The molecule has 0 spiro atoms. The molecule has 18 heavy (non-hydrogen) atoms. The first kappa shape index (κ1) is 13.5. The zero-order chi connectivity index (χ0) is 13.5. The van der Waals surface area contributed by atoms with Crippen molar-refractivity contribution in [1.82, 2.24) is 9.62 Å². The Labute approximate surface area is 107 Å². The number of nitrogens with zero attached hydrogens (tertiary/aromatic N) is 2. The number of rotatable bonds is 3. The fourth-order valence-corrected chi connectivity index (χ4v) is 3.22. The molecule has 2 aliphatic heterocycles. The highest BCUT2D eigenvalue weighted by atomic mass is 32.2. The van der Waals surface area contributed by atoms with Crippen molar-refractivity contribution in [2.75, 3.05) is 12.6 Å². The van der Waals surface area contributed by atoms with Crippen LogP contribution in [0.25, 0.3) is 0 Å². The van der Waals surface area contributed by atoms with E-state index in [1.54, 1.807) is 0 Å². The summed E-state index contributed by atoms with van der Waals surface area (Å²) >= 11 is 0. The van der Waals surface area contributed by atoms with E-state index in [9.17, 15) is 12.8 Å². The molecule has 2 unspecified atom stereocenters. The van der Waals surface area contributed by atoms with Gasteiger partial charge in [0.15, 0.2) is 0 Å². The van der Waals surface area contributed by atoms with E-state index < -0.39 is 16.0 Å². The van der Waals surface area contributed by atoms with Gasteiger partial charge in [0.1, 0.15) is 5.84 Å². The quantitative estimate of drug-likeness (QED) is 0.836. The van der Waals surface area contributed by atoms with Gasteiger partial charge in [-0.15, -0.1) is 0 Å². The van der Waals surface area contributed by atoms with Crippen LogP contribution in [0.4, 0.5) is 4.39 Å². The van der Waals surface area contributed by atoms with E-state index in [1.165, 1.54) is 0 Å². The molecule has 5 nitrogen and oxygen atoms in total. The lowest BCUT2D eigenvalue weighted by Crippen LogP contribution is -2.39. The van der Waals surface area contributed by atoms with Crippen LogP contribution in [0.15, 0.2) is 16.3 Å². The maximum Gasteiger partial charge on any atom is 0.241 e. The summed E-state index contributed by atoms with van der Waals surface area (Å²) in [6, 6.07) is -1.51. The highest BCUT2D eigenvalue weighted by Crippen LogP contribution is 2.31. The van der Waals surface area contributed by atoms with Gasteiger partial charge >= 0.3 is 0 Å². The number of hydrogen-bond acceptors (Lipinski definition) is 4. The second-order valence-electron chi connectivity index (χ2n) is 4.84. The fourth-order valence-electron chi connectivity index (χ4n) is 2.49. The third kappa shape index (κ3) is 2.42. The van der Waals surface area contributed by atoms with Crippen LogP contribution >= 0.6 is 0 Å². The van der Waals surface area contributed by atoms with E-state index >= 15 is 0 Å². The smallest absolute Gasteiger partial charge is 0.241 e. The molecule has 1 fully saturated rings. The Bertz CT molecular complexity index is 512. The summed E-state index contributed by atoms with van der Waals surface area (Å²) in [4.78, 5) is 6.51. The summed E-state index contributed by atoms with van der Waals surface area (Å²) in [6.07, 6.45) is 0.599. The SMILES string of the molecule is CC1=NC(C)C(C)=C2CC(NS(=O)(=O)CF)CN12. The summed E-state index contributed by atoms with van der Waals surface area (Å²) in [5.41, 5.74) is 2.27. The molecular formula is C11H18FN3O2S. The van der Waals surface area contributed by atoms with Crippen molar-refractivity contribution >= 4 is 15.9 Å². The molecule has 0 aromatic carbocycles. The van der Waals surface area contributed by atoms with E-state index in [4.69, 9.17) is 0 Å². The van der Waals surface area contributed by atoms with Gasteiger partial charge in [-0.2, -0.15) is 0 Å². The molecule has 102 valence electrons. The van der Waals surface area contributed by atoms with Gasteiger partial charge in [0, 0.05) is 24.7 Å². The van der Waals surface area contributed by atoms with Gasteiger partial charge in [-0.3, -0.25) is 4.99 Å². The molecule has 2 rings (SSSR count). The van der Waals surface area contributed by atoms with E-state index in [2.05, 4.69) is 9.71 Å². The van der Waals surface area contributed by atoms with Gasteiger partial charge in [0.2, 0.25) is 16.0 Å². The molecule has 0 aromatic rings. The maximum absolute atomic E-state index is 12.3. The lowest BCUT2D eigenvalue weighted by atomic mass is 10.0. The number of nitrogens with one attached hydrogen (secondary N) is 1. The lowest BCUT2D eigenvalue weighted by Gasteiger charge is -2.28. The fraction of sp³-hybridized carbons (Fsp3) is 0.727. The molecule has 0 bridgehead atoms. The molecule has 0 aliphatic carbocycles. The Hall–Kier alpha value is -0.950. The monoisotopic (exact) mass is 275 g/mol. The first-order valence-electron chi connectivity index (χ1n) is 5.91. The van der Waals surface area contributed by atoms with Crippen molar-refractivity contribution < 1.29 is 12.8 Å². The minimum atomic E-state index is -3.80. The van der Waals surface area contributed by atoms with Crippen LogP contribution in [0, 0.1) is 0 Å². The number of fused-ring (bicyclic) bond motifs is 1. The minimum Gasteiger partial charge on any atom is -0.332 e. The number of sulfonamides is 1. The van der Waals surface area contributed by atoms with Gasteiger partial charge in [0.25, 0.3) is 0 Å². The third-order valence-electron chi connectivity index (χ3n) is 3.51. The molecule has 2 atom stereocenters. The highest BCUT2D eigenvalue weighted by Gasteiger charge is 2.34. The van der Waals surface area contributed by atoms with Crippen molar-refractivity contribution in [3.8, 4) is 0 Å². The molecule has 2 heterocycles. The molecule has 2 aliphatic rings. The maximum atomic E-state index is 12.3. The van der Waals surface area contributed by atoms with Gasteiger partial charge in [-0.25, -0.2) is 17.5 Å². The molecule has 0 amide bonds. The van der Waals surface area contributed by atoms with Crippen molar-refractivity contribution in [3.63, 3.8) is 0 Å². The summed E-state index contributed by atoms with van der Waals surface area (Å²) in [5.74, 6) is 0.894. The predicted octanol–water partition coefficient (Wildman–Crippen LogP) is 1.00. The number of alkyl halides is 1. The molecule has 1 N–H and O–H groups in total. The second kappa shape index (κ2) is 4.62. The van der Waals surface area contributed by atoms with Crippen LogP contribution in [0.5, 0.6) is 0 Å². The molecular weight excluding hydrogens is 257 g/mol. The zero-order valence-corrected chi connectivity index (χ0v) is 11.6. The van der Waals surface area contributed by atoms with Crippen molar-refractivity contribution in [3.05, 3.63) is 11.3 Å². The lowest BCUT2D eigenvalue weighted by molar-refractivity contribution is 0.492. The van der Waals surface area contributed by atoms with Crippen LogP contribution in [-0.2, 0) is 10.0 Å². The molecule has 7 heteroatoms. The third-order valence-corrected chi connectivity index (χ3v) is 4.49. The largest absolute Gasteiger partial charge is 0.332 e. The Balaban J connectivity index is 2.19. The van der Waals surface area contributed by atoms with E-state index in [1.807, 2.05) is 25.7 Å². The second-order valence-corrected chi connectivity index (χ2v) is 6.52. The highest BCUT2D eigenvalue weighted by molar-refractivity contribution is 7.89. The average Bonchev–Trinajstić information content (AvgIpc) is 2.70. The summed E-state index contributed by atoms with van der Waals surface area (Å²) in [7, 11) is -3.80. The van der Waals surface area contributed by atoms with Gasteiger partial charge < -0.3 is 4.90 Å². The van der Waals surface area contributed by atoms with E-state index in [-0.39, 0.29) is 12.1 Å². The van der Waals surface area contributed by atoms with Crippen LogP contribution in [0.3, 0.4) is 0 Å². The number of hydrogen-bond donors (Lipinski definition) is 1. The number of amidine groups is 1. The molecule has 0 saturated carbocycles. The van der Waals surface area contributed by atoms with Gasteiger partial charge in [-0.1, -0.05) is 0 Å². The Morgan fingerprint density at radius 2 is 2.17 bits per heavy atom. The van der Waals surface area contributed by atoms with Crippen LogP contribution < -0.4 is 4.72 Å². The van der Waals surface area contributed by atoms with Crippen molar-refractivity contribution in [2.45, 2.75) is 39.3 Å². The predicted molar refractivity (Wildman–Crippen MR) is 68.4 cm³/mol. The zero-order valence-electron chi connectivity index (χ0n) is 10.8. The normalized spacial score (nSPS) is 28.4. The topological polar surface area (TPSA) is 61.8 Å². The summed E-state index contributed by atoms with van der Waals surface area (Å²) in [6.45, 7) is 6.46. The minimum absolute atomic E-state index is 0.132. The van der Waals surface area contributed by atoms with Gasteiger partial charge in [-0.05, 0) is 26.3 Å². The first-order valence-corrected chi connectivity index (χ1v) is 7.57. The molecule has 0 aromatic heterocycles. The van der Waals surface area contributed by atoms with Crippen LogP contribution in [-0.4, -0.2) is 43.8 Å². The average molecular weight is 275 g/mol. The Morgan fingerprint density at radius 3 is 2.78 bits per heavy atom. The van der Waals surface area contributed by atoms with Crippen molar-refractivity contribution in [1.29, 1.82) is 0 Å². The molecule has 1 saturated heterocycles. The van der Waals surface area contributed by atoms with Crippen LogP contribution in [0.2, 0.25) is 0 Å². The summed E-state index contributed by atoms with van der Waals surface area (Å²) in [5, 5.41) is 0. The number of aliphatic imine (C=N–C) groups is 1. The molecule has 0 radical (unpaired) electrons. The first-order chi connectivity index (χ1) is 8.34. The van der Waals surface area contributed by atoms with Crippen molar-refractivity contribution in [2.24, 2.45) is 4.99 Å². The summed E-state index contributed by atoms with van der Waals surface area (Å²) < 4.78 is 37.2. The van der Waals surface area contributed by atoms with Gasteiger partial charge in [0.05, 0.1) is 6.04 Å².